The average Bonchev–Trinajstić information content (AvgIpc) is 2.81. The lowest BCUT2D eigenvalue weighted by Crippen LogP contribution is -2.12. The Kier molecular flexibility index (Phi) is 7.10. The number of nitrogens with zero attached hydrogens (tertiary/aromatic N) is 1. The maximum Gasteiger partial charge on any atom is 0.341 e. The van der Waals surface area contributed by atoms with E-state index in [4.69, 9.17) is 19.3 Å². The highest BCUT2D eigenvalue weighted by atomic mass is 79.9. The first-order valence-electron chi connectivity index (χ1n) is 10.3. The zero-order chi connectivity index (χ0) is 23.2. The number of carbonyl (C=O) groups is 1. The number of para-hydroxylation sites is 2. The summed E-state index contributed by atoms with van der Waals surface area (Å²) in [6.45, 7) is 2.01. The van der Waals surface area contributed by atoms with Gasteiger partial charge in [-0.15, -0.1) is 0 Å². The van der Waals surface area contributed by atoms with Crippen LogP contribution in [0.4, 0.5) is 0 Å². The lowest BCUT2D eigenvalue weighted by atomic mass is 10.1. The SMILES string of the molecule is Cc1cccc(COc2ccc(Br)c(OCc3ccc4ccccc4n3)c2)c1OCC(=O)O. The van der Waals surface area contributed by atoms with Gasteiger partial charge in [-0.05, 0) is 52.7 Å². The number of hydrogen-bond donors (Lipinski definition) is 1. The van der Waals surface area contributed by atoms with Crippen molar-refractivity contribution in [2.24, 2.45) is 0 Å². The van der Waals surface area contributed by atoms with Gasteiger partial charge >= 0.3 is 5.97 Å². The molecule has 0 aliphatic carbocycles. The molecule has 0 fully saturated rings. The number of hydrogen-bond acceptors (Lipinski definition) is 5. The second-order valence-corrected chi connectivity index (χ2v) is 8.26. The number of halogens is 1. The third-order valence-electron chi connectivity index (χ3n) is 4.96. The Balaban J connectivity index is 1.44. The molecule has 0 spiro atoms. The van der Waals surface area contributed by atoms with E-state index in [1.165, 1.54) is 0 Å². The van der Waals surface area contributed by atoms with Crippen molar-refractivity contribution in [3.8, 4) is 17.2 Å². The molecule has 0 amide bonds. The summed E-state index contributed by atoms with van der Waals surface area (Å²) < 4.78 is 18.2. The van der Waals surface area contributed by atoms with E-state index in [9.17, 15) is 4.79 Å². The first kappa shape index (κ1) is 22.6. The molecule has 0 saturated heterocycles. The van der Waals surface area contributed by atoms with Crippen molar-refractivity contribution in [1.29, 1.82) is 0 Å². The van der Waals surface area contributed by atoms with Gasteiger partial charge in [0.15, 0.2) is 6.61 Å². The van der Waals surface area contributed by atoms with Crippen LogP contribution in [-0.2, 0) is 18.0 Å². The van der Waals surface area contributed by atoms with Gasteiger partial charge in [0.25, 0.3) is 0 Å². The molecule has 0 saturated carbocycles. The Morgan fingerprint density at radius 2 is 1.79 bits per heavy atom. The van der Waals surface area contributed by atoms with Gasteiger partial charge in [-0.1, -0.05) is 42.5 Å². The van der Waals surface area contributed by atoms with E-state index in [2.05, 4.69) is 20.9 Å². The molecule has 0 aliphatic rings. The summed E-state index contributed by atoms with van der Waals surface area (Å²) in [7, 11) is 0. The molecule has 0 unspecified atom stereocenters. The van der Waals surface area contributed by atoms with Crippen LogP contribution in [0.3, 0.4) is 0 Å². The Morgan fingerprint density at radius 3 is 2.64 bits per heavy atom. The van der Waals surface area contributed by atoms with Gasteiger partial charge in [-0.3, -0.25) is 0 Å². The van der Waals surface area contributed by atoms with Crippen LogP contribution in [0.1, 0.15) is 16.8 Å². The molecule has 4 rings (SSSR count). The summed E-state index contributed by atoms with van der Waals surface area (Å²) in [5, 5.41) is 10.0. The highest BCUT2D eigenvalue weighted by Gasteiger charge is 2.11. The lowest BCUT2D eigenvalue weighted by Gasteiger charge is -2.15. The van der Waals surface area contributed by atoms with Crippen LogP contribution in [0.5, 0.6) is 17.2 Å². The zero-order valence-electron chi connectivity index (χ0n) is 18.0. The van der Waals surface area contributed by atoms with E-state index < -0.39 is 12.6 Å². The minimum Gasteiger partial charge on any atom is -0.489 e. The fourth-order valence-electron chi connectivity index (χ4n) is 3.35. The van der Waals surface area contributed by atoms with E-state index in [-0.39, 0.29) is 6.61 Å². The molecule has 0 aliphatic heterocycles. The fourth-order valence-corrected chi connectivity index (χ4v) is 3.71. The summed E-state index contributed by atoms with van der Waals surface area (Å²) in [5.74, 6) is 0.746. The maximum atomic E-state index is 10.9. The number of carboxylic acid groups (broad SMARTS) is 1. The van der Waals surface area contributed by atoms with Gasteiger partial charge in [0, 0.05) is 17.0 Å². The van der Waals surface area contributed by atoms with Crippen LogP contribution < -0.4 is 14.2 Å². The molecule has 1 heterocycles. The van der Waals surface area contributed by atoms with E-state index in [0.717, 1.165) is 32.2 Å². The molecule has 1 N–H and O–H groups in total. The summed E-state index contributed by atoms with van der Waals surface area (Å²) in [6, 6.07) is 23.0. The van der Waals surface area contributed by atoms with E-state index >= 15 is 0 Å². The number of benzene rings is 3. The van der Waals surface area contributed by atoms with Gasteiger partial charge in [-0.2, -0.15) is 0 Å². The number of rotatable bonds is 9. The predicted octanol–water partition coefficient (Wildman–Crippen LogP) is 5.93. The number of ether oxygens (including phenoxy) is 3. The minimum absolute atomic E-state index is 0.226. The van der Waals surface area contributed by atoms with Crippen molar-refractivity contribution in [2.75, 3.05) is 6.61 Å². The van der Waals surface area contributed by atoms with Crippen LogP contribution in [0.25, 0.3) is 10.9 Å². The first-order valence-corrected chi connectivity index (χ1v) is 11.1. The fraction of sp³-hybridized carbons (Fsp3) is 0.154. The molecular weight excluding hydrogens is 486 g/mol. The minimum atomic E-state index is -1.03. The second kappa shape index (κ2) is 10.4. The van der Waals surface area contributed by atoms with Crippen LogP contribution in [0.15, 0.2) is 77.3 Å². The van der Waals surface area contributed by atoms with Gasteiger partial charge in [-0.25, -0.2) is 9.78 Å². The third kappa shape index (κ3) is 5.81. The van der Waals surface area contributed by atoms with Gasteiger partial charge in [0.05, 0.1) is 15.7 Å². The highest BCUT2D eigenvalue weighted by molar-refractivity contribution is 9.10. The number of aliphatic carboxylic acids is 1. The monoisotopic (exact) mass is 507 g/mol. The van der Waals surface area contributed by atoms with Crippen LogP contribution >= 0.6 is 15.9 Å². The molecular formula is C26H22BrNO5. The Bertz CT molecular complexity index is 1290. The van der Waals surface area contributed by atoms with Crippen LogP contribution in [0.2, 0.25) is 0 Å². The Morgan fingerprint density at radius 1 is 0.939 bits per heavy atom. The zero-order valence-corrected chi connectivity index (χ0v) is 19.5. The summed E-state index contributed by atoms with van der Waals surface area (Å²) in [6.07, 6.45) is 0. The first-order chi connectivity index (χ1) is 16.0. The predicted molar refractivity (Wildman–Crippen MR) is 129 cm³/mol. The summed E-state index contributed by atoms with van der Waals surface area (Å²) >= 11 is 3.52. The molecule has 6 nitrogen and oxygen atoms in total. The van der Waals surface area contributed by atoms with Crippen molar-refractivity contribution in [2.45, 2.75) is 20.1 Å². The Labute approximate surface area is 199 Å². The number of aromatic nitrogens is 1. The molecule has 7 heteroatoms. The molecule has 0 radical (unpaired) electrons. The smallest absolute Gasteiger partial charge is 0.341 e. The standard InChI is InChI=1S/C26H22BrNO5/c1-17-5-4-7-19(26(17)33-16-25(29)30)14-31-21-11-12-22(27)24(13-21)32-15-20-10-9-18-6-2-3-8-23(18)28-20/h2-13H,14-16H2,1H3,(H,29,30). The van der Waals surface area contributed by atoms with Crippen molar-refractivity contribution in [3.05, 3.63) is 94.1 Å². The highest BCUT2D eigenvalue weighted by Crippen LogP contribution is 2.31. The largest absolute Gasteiger partial charge is 0.489 e. The Hall–Kier alpha value is -3.58. The van der Waals surface area contributed by atoms with Crippen molar-refractivity contribution >= 4 is 32.8 Å². The van der Waals surface area contributed by atoms with Gasteiger partial charge in [0.2, 0.25) is 0 Å². The molecule has 0 bridgehead atoms. The third-order valence-corrected chi connectivity index (χ3v) is 5.62. The quantitative estimate of drug-likeness (QED) is 0.302. The van der Waals surface area contributed by atoms with Crippen molar-refractivity contribution < 1.29 is 24.1 Å². The average molecular weight is 508 g/mol. The number of aryl methyl sites for hydroxylation is 1. The lowest BCUT2D eigenvalue weighted by molar-refractivity contribution is -0.139. The van der Waals surface area contributed by atoms with Crippen molar-refractivity contribution in [1.82, 2.24) is 4.98 Å². The maximum absolute atomic E-state index is 10.9. The van der Waals surface area contributed by atoms with Crippen LogP contribution in [0, 0.1) is 6.92 Å². The second-order valence-electron chi connectivity index (χ2n) is 7.41. The molecule has 4 aromatic rings. The summed E-state index contributed by atoms with van der Waals surface area (Å²) in [4.78, 5) is 15.5. The van der Waals surface area contributed by atoms with Gasteiger partial charge in [0.1, 0.15) is 30.5 Å². The van der Waals surface area contributed by atoms with Gasteiger partial charge < -0.3 is 19.3 Å². The molecule has 0 atom stereocenters. The summed E-state index contributed by atoms with van der Waals surface area (Å²) in [5.41, 5.74) is 3.36. The van der Waals surface area contributed by atoms with Crippen LogP contribution in [-0.4, -0.2) is 22.7 Å². The number of fused-ring (bicyclic) bond motifs is 1. The molecule has 33 heavy (non-hydrogen) atoms. The molecule has 1 aromatic heterocycles. The van der Waals surface area contributed by atoms with E-state index in [0.29, 0.717) is 23.9 Å². The number of carboxylic acids is 1. The topological polar surface area (TPSA) is 77.9 Å². The number of pyridine rings is 1. The molecule has 3 aromatic carbocycles. The van der Waals surface area contributed by atoms with Crippen molar-refractivity contribution in [3.63, 3.8) is 0 Å². The normalized spacial score (nSPS) is 10.7. The molecule has 168 valence electrons. The van der Waals surface area contributed by atoms with E-state index in [1.807, 2.05) is 73.7 Å². The van der Waals surface area contributed by atoms with E-state index in [1.54, 1.807) is 6.07 Å².